The Bertz CT molecular complexity index is 613. The molecule has 2 rings (SSSR count). The van der Waals surface area contributed by atoms with Crippen LogP contribution in [0, 0.1) is 0 Å². The largest absolute Gasteiger partial charge is 0.464 e. The van der Waals surface area contributed by atoms with Crippen LogP contribution >= 0.6 is 0 Å². The topological polar surface area (TPSA) is 48.3 Å². The van der Waals surface area contributed by atoms with E-state index in [2.05, 4.69) is 4.74 Å². The Morgan fingerprint density at radius 2 is 2.00 bits per heavy atom. The van der Waals surface area contributed by atoms with Crippen molar-refractivity contribution in [3.63, 3.8) is 0 Å². The number of pyridine rings is 1. The van der Waals surface area contributed by atoms with Crippen molar-refractivity contribution in [3.05, 3.63) is 46.2 Å². The lowest BCUT2D eigenvalue weighted by atomic mass is 10.2. The molecule has 0 N–H and O–H groups in total. The van der Waals surface area contributed by atoms with Gasteiger partial charge in [0.25, 0.3) is 0 Å². The van der Waals surface area contributed by atoms with Crippen molar-refractivity contribution < 1.29 is 9.53 Å². The lowest BCUT2D eigenvalue weighted by Crippen LogP contribution is -2.16. The summed E-state index contributed by atoms with van der Waals surface area (Å²) in [4.78, 5) is 23.2. The van der Waals surface area contributed by atoms with E-state index in [9.17, 15) is 9.59 Å². The molecule has 0 saturated carbocycles. The normalized spacial score (nSPS) is 10.4. The highest BCUT2D eigenvalue weighted by molar-refractivity contribution is 5.91. The van der Waals surface area contributed by atoms with Crippen molar-refractivity contribution >= 4 is 16.9 Å². The summed E-state index contributed by atoms with van der Waals surface area (Å²) in [5, 5.41) is 0.595. The van der Waals surface area contributed by atoms with Gasteiger partial charge in [0.2, 0.25) is 0 Å². The highest BCUT2D eigenvalue weighted by atomic mass is 16.5. The van der Waals surface area contributed by atoms with E-state index in [1.54, 1.807) is 29.8 Å². The lowest BCUT2D eigenvalue weighted by Gasteiger charge is -2.09. The van der Waals surface area contributed by atoms with Crippen LogP contribution in [-0.4, -0.2) is 17.6 Å². The third kappa shape index (κ3) is 1.48. The molecule has 0 unspecified atom stereocenters. The van der Waals surface area contributed by atoms with Crippen LogP contribution in [0.1, 0.15) is 10.5 Å². The molecule has 0 aliphatic carbocycles. The predicted octanol–water partition coefficient (Wildman–Crippen LogP) is 1.33. The second-order valence-electron chi connectivity index (χ2n) is 3.46. The van der Waals surface area contributed by atoms with Gasteiger partial charge in [-0.25, -0.2) is 4.79 Å². The predicted molar refractivity (Wildman–Crippen MR) is 60.5 cm³/mol. The minimum absolute atomic E-state index is 0.172. The Morgan fingerprint density at radius 3 is 2.69 bits per heavy atom. The van der Waals surface area contributed by atoms with E-state index in [1.165, 1.54) is 13.2 Å². The van der Waals surface area contributed by atoms with Crippen LogP contribution in [0.4, 0.5) is 0 Å². The molecule has 0 aliphatic rings. The maximum absolute atomic E-state index is 11.8. The van der Waals surface area contributed by atoms with Crippen LogP contribution in [0.15, 0.2) is 35.1 Å². The van der Waals surface area contributed by atoms with E-state index in [0.717, 1.165) is 5.52 Å². The number of para-hydroxylation sites is 1. The first kappa shape index (κ1) is 10.4. The van der Waals surface area contributed by atoms with Crippen molar-refractivity contribution in [2.45, 2.75) is 0 Å². The zero-order valence-electron chi connectivity index (χ0n) is 9.06. The number of benzene rings is 1. The van der Waals surface area contributed by atoms with Crippen LogP contribution in [0.5, 0.6) is 0 Å². The molecule has 1 heterocycles. The Morgan fingerprint density at radius 1 is 1.31 bits per heavy atom. The molecule has 0 bridgehead atoms. The smallest absolute Gasteiger partial charge is 0.354 e. The average molecular weight is 217 g/mol. The van der Waals surface area contributed by atoms with Crippen molar-refractivity contribution in [1.29, 1.82) is 0 Å². The van der Waals surface area contributed by atoms with Gasteiger partial charge in [0.1, 0.15) is 5.69 Å². The van der Waals surface area contributed by atoms with Crippen LogP contribution in [0.25, 0.3) is 10.9 Å². The summed E-state index contributed by atoms with van der Waals surface area (Å²) < 4.78 is 6.28. The number of carbonyl (C=O) groups is 1. The van der Waals surface area contributed by atoms with Crippen molar-refractivity contribution in [2.75, 3.05) is 7.11 Å². The first-order valence-corrected chi connectivity index (χ1v) is 4.82. The molecule has 1 aromatic heterocycles. The fraction of sp³-hybridized carbons (Fsp3) is 0.167. The van der Waals surface area contributed by atoms with Crippen LogP contribution in [0.2, 0.25) is 0 Å². The third-order valence-corrected chi connectivity index (χ3v) is 2.55. The fourth-order valence-electron chi connectivity index (χ4n) is 1.70. The molecule has 0 amide bonds. The minimum Gasteiger partial charge on any atom is -0.464 e. The quantitative estimate of drug-likeness (QED) is 0.677. The van der Waals surface area contributed by atoms with Gasteiger partial charge in [0.15, 0.2) is 5.43 Å². The zero-order valence-corrected chi connectivity index (χ0v) is 9.06. The molecule has 0 aliphatic heterocycles. The number of fused-ring (bicyclic) bond motifs is 1. The number of nitrogens with zero attached hydrogens (tertiary/aromatic N) is 1. The number of rotatable bonds is 1. The molecule has 0 atom stereocenters. The molecule has 2 aromatic rings. The van der Waals surface area contributed by atoms with Crippen LogP contribution in [0.3, 0.4) is 0 Å². The first-order valence-electron chi connectivity index (χ1n) is 4.82. The standard InChI is InChI=1S/C12H11NO3/c1-13-9-6-4-3-5-8(9)11(14)7-10(13)12(15)16-2/h3-7H,1-2H3. The summed E-state index contributed by atoms with van der Waals surface area (Å²) in [7, 11) is 3.02. The summed E-state index contributed by atoms with van der Waals surface area (Å²) in [6, 6.07) is 8.44. The SMILES string of the molecule is COC(=O)c1cc(=O)c2ccccc2n1C. The summed E-state index contributed by atoms with van der Waals surface area (Å²) in [5.41, 5.74) is 0.802. The fourth-order valence-corrected chi connectivity index (χ4v) is 1.70. The van der Waals surface area contributed by atoms with E-state index >= 15 is 0 Å². The van der Waals surface area contributed by atoms with Crippen LogP contribution in [-0.2, 0) is 11.8 Å². The van der Waals surface area contributed by atoms with Gasteiger partial charge in [-0.05, 0) is 12.1 Å². The molecular weight excluding hydrogens is 206 g/mol. The van der Waals surface area contributed by atoms with E-state index < -0.39 is 5.97 Å². The summed E-state index contributed by atoms with van der Waals surface area (Å²) in [6.07, 6.45) is 0. The van der Waals surface area contributed by atoms with E-state index in [4.69, 9.17) is 0 Å². The molecule has 0 radical (unpaired) electrons. The minimum atomic E-state index is -0.509. The van der Waals surface area contributed by atoms with Gasteiger partial charge >= 0.3 is 5.97 Å². The molecule has 1 aromatic carbocycles. The molecule has 0 saturated heterocycles. The molecule has 0 fully saturated rings. The highest BCUT2D eigenvalue weighted by Gasteiger charge is 2.12. The number of ether oxygens (including phenoxy) is 1. The van der Waals surface area contributed by atoms with Gasteiger partial charge in [0, 0.05) is 18.5 Å². The van der Waals surface area contributed by atoms with Gasteiger partial charge in [0.05, 0.1) is 12.6 Å². The number of esters is 1. The molecule has 4 nitrogen and oxygen atoms in total. The Labute approximate surface area is 92.1 Å². The Kier molecular flexibility index (Phi) is 2.48. The van der Waals surface area contributed by atoms with Crippen LogP contribution < -0.4 is 5.43 Å². The highest BCUT2D eigenvalue weighted by Crippen LogP contribution is 2.11. The molecule has 16 heavy (non-hydrogen) atoms. The number of hydrogen-bond donors (Lipinski definition) is 0. The molecule has 82 valence electrons. The summed E-state index contributed by atoms with van der Waals surface area (Å²) in [5.74, 6) is -0.509. The van der Waals surface area contributed by atoms with Crippen molar-refractivity contribution in [3.8, 4) is 0 Å². The van der Waals surface area contributed by atoms with Crippen molar-refractivity contribution in [1.82, 2.24) is 4.57 Å². The van der Waals surface area contributed by atoms with Gasteiger partial charge in [-0.2, -0.15) is 0 Å². The van der Waals surface area contributed by atoms with Gasteiger partial charge < -0.3 is 9.30 Å². The molecule has 4 heteroatoms. The first-order chi connectivity index (χ1) is 7.65. The Hall–Kier alpha value is -2.10. The molecular formula is C12H11NO3. The monoisotopic (exact) mass is 217 g/mol. The van der Waals surface area contributed by atoms with E-state index in [1.807, 2.05) is 6.07 Å². The molecule has 0 spiro atoms. The Balaban J connectivity index is 2.86. The second kappa shape index (κ2) is 3.81. The summed E-state index contributed by atoms with van der Waals surface area (Å²) >= 11 is 0. The lowest BCUT2D eigenvalue weighted by molar-refractivity contribution is 0.0589. The third-order valence-electron chi connectivity index (χ3n) is 2.55. The van der Waals surface area contributed by atoms with E-state index in [0.29, 0.717) is 5.39 Å². The maximum atomic E-state index is 11.8. The average Bonchev–Trinajstić information content (AvgIpc) is 2.33. The number of aromatic nitrogens is 1. The maximum Gasteiger partial charge on any atom is 0.354 e. The number of hydrogen-bond acceptors (Lipinski definition) is 3. The number of methoxy groups -OCH3 is 1. The summed E-state index contributed by atoms with van der Waals surface area (Å²) in [6.45, 7) is 0. The zero-order chi connectivity index (χ0) is 11.7. The van der Waals surface area contributed by atoms with E-state index in [-0.39, 0.29) is 11.1 Å². The van der Waals surface area contributed by atoms with Crippen molar-refractivity contribution in [2.24, 2.45) is 7.05 Å². The number of carbonyl (C=O) groups excluding carboxylic acids is 1. The van der Waals surface area contributed by atoms with Gasteiger partial charge in [-0.1, -0.05) is 12.1 Å². The van der Waals surface area contributed by atoms with Gasteiger partial charge in [-0.3, -0.25) is 4.79 Å². The number of aryl methyl sites for hydroxylation is 1. The van der Waals surface area contributed by atoms with Gasteiger partial charge in [-0.15, -0.1) is 0 Å². The second-order valence-corrected chi connectivity index (χ2v) is 3.46.